The Balaban J connectivity index is 1.78. The SMILES string of the molecule is COc1cc(C)nc(CN2CCc3nccc(N)c3C2)c1. The number of hydrogen-bond acceptors (Lipinski definition) is 5. The quantitative estimate of drug-likeness (QED) is 0.933. The van der Waals surface area contributed by atoms with Gasteiger partial charge in [0.2, 0.25) is 0 Å². The molecule has 2 aromatic heterocycles. The minimum Gasteiger partial charge on any atom is -0.497 e. The molecule has 0 unspecified atom stereocenters. The Hall–Kier alpha value is -2.14. The number of aryl methyl sites for hydroxylation is 1. The number of fused-ring (bicyclic) bond motifs is 1. The molecule has 0 fully saturated rings. The van der Waals surface area contributed by atoms with Crippen molar-refractivity contribution in [3.8, 4) is 5.75 Å². The summed E-state index contributed by atoms with van der Waals surface area (Å²) in [6.07, 6.45) is 2.72. The zero-order valence-electron chi connectivity index (χ0n) is 12.5. The van der Waals surface area contributed by atoms with Crippen LogP contribution in [0.25, 0.3) is 0 Å². The molecule has 0 amide bonds. The van der Waals surface area contributed by atoms with Crippen molar-refractivity contribution in [3.05, 3.63) is 47.0 Å². The number of anilines is 1. The Morgan fingerprint density at radius 3 is 3.05 bits per heavy atom. The van der Waals surface area contributed by atoms with Gasteiger partial charge in [-0.05, 0) is 13.0 Å². The minimum absolute atomic E-state index is 0.797. The molecule has 0 atom stereocenters. The van der Waals surface area contributed by atoms with Gasteiger partial charge in [0.1, 0.15) is 5.75 Å². The lowest BCUT2D eigenvalue weighted by atomic mass is 10.0. The summed E-state index contributed by atoms with van der Waals surface area (Å²) in [5, 5.41) is 0. The number of pyridine rings is 2. The first-order chi connectivity index (χ1) is 10.2. The number of rotatable bonds is 3. The number of methoxy groups -OCH3 is 1. The van der Waals surface area contributed by atoms with Crippen molar-refractivity contribution in [1.29, 1.82) is 0 Å². The summed E-state index contributed by atoms with van der Waals surface area (Å²) in [6.45, 7) is 4.58. The van der Waals surface area contributed by atoms with Crippen molar-refractivity contribution in [1.82, 2.24) is 14.9 Å². The van der Waals surface area contributed by atoms with Crippen LogP contribution in [0.5, 0.6) is 5.75 Å². The molecule has 2 aromatic rings. The first-order valence-corrected chi connectivity index (χ1v) is 7.12. The van der Waals surface area contributed by atoms with Gasteiger partial charge in [-0.15, -0.1) is 0 Å². The number of nitrogens with zero attached hydrogens (tertiary/aromatic N) is 3. The Morgan fingerprint density at radius 2 is 2.24 bits per heavy atom. The van der Waals surface area contributed by atoms with Crippen molar-refractivity contribution < 1.29 is 4.74 Å². The molecule has 0 saturated heterocycles. The van der Waals surface area contributed by atoms with E-state index in [4.69, 9.17) is 10.5 Å². The van der Waals surface area contributed by atoms with Gasteiger partial charge in [-0.25, -0.2) is 0 Å². The van der Waals surface area contributed by atoms with E-state index in [-0.39, 0.29) is 0 Å². The molecule has 5 nitrogen and oxygen atoms in total. The lowest BCUT2D eigenvalue weighted by molar-refractivity contribution is 0.240. The first kappa shape index (κ1) is 13.8. The molecule has 0 bridgehead atoms. The van der Waals surface area contributed by atoms with Crippen LogP contribution in [0.4, 0.5) is 5.69 Å². The van der Waals surface area contributed by atoms with Gasteiger partial charge in [-0.2, -0.15) is 0 Å². The second kappa shape index (κ2) is 5.69. The Bertz CT molecular complexity index is 657. The molecule has 0 spiro atoms. The van der Waals surface area contributed by atoms with E-state index in [1.54, 1.807) is 13.3 Å². The van der Waals surface area contributed by atoms with Crippen molar-refractivity contribution in [3.63, 3.8) is 0 Å². The summed E-state index contributed by atoms with van der Waals surface area (Å²) in [6, 6.07) is 5.81. The predicted molar refractivity (Wildman–Crippen MR) is 82.0 cm³/mol. The third kappa shape index (κ3) is 2.97. The second-order valence-electron chi connectivity index (χ2n) is 5.43. The van der Waals surface area contributed by atoms with Gasteiger partial charge in [0.05, 0.1) is 12.8 Å². The largest absolute Gasteiger partial charge is 0.497 e. The minimum atomic E-state index is 0.797. The average Bonchev–Trinajstić information content (AvgIpc) is 2.47. The molecule has 0 radical (unpaired) electrons. The number of hydrogen-bond donors (Lipinski definition) is 1. The lowest BCUT2D eigenvalue weighted by Crippen LogP contribution is -2.31. The molecule has 2 N–H and O–H groups in total. The fourth-order valence-corrected chi connectivity index (χ4v) is 2.78. The van der Waals surface area contributed by atoms with E-state index < -0.39 is 0 Å². The Morgan fingerprint density at radius 1 is 1.38 bits per heavy atom. The summed E-state index contributed by atoms with van der Waals surface area (Å²) in [4.78, 5) is 11.4. The van der Waals surface area contributed by atoms with Crippen LogP contribution in [0.1, 0.15) is 22.6 Å². The molecular weight excluding hydrogens is 264 g/mol. The molecule has 0 aromatic carbocycles. The maximum Gasteiger partial charge on any atom is 0.122 e. The van der Waals surface area contributed by atoms with Crippen LogP contribution in [0.2, 0.25) is 0 Å². The third-order valence-electron chi connectivity index (χ3n) is 3.83. The number of aromatic nitrogens is 2. The predicted octanol–water partition coefficient (Wildman–Crippen LogP) is 1.93. The summed E-state index contributed by atoms with van der Waals surface area (Å²) in [5.74, 6) is 0.857. The van der Waals surface area contributed by atoms with Gasteiger partial charge < -0.3 is 10.5 Å². The number of nitrogens with two attached hydrogens (primary N) is 1. The Kier molecular flexibility index (Phi) is 3.75. The smallest absolute Gasteiger partial charge is 0.122 e. The molecular formula is C16H20N4O. The third-order valence-corrected chi connectivity index (χ3v) is 3.83. The van der Waals surface area contributed by atoms with E-state index in [0.29, 0.717) is 0 Å². The summed E-state index contributed by atoms with van der Waals surface area (Å²) >= 11 is 0. The van der Waals surface area contributed by atoms with Crippen molar-refractivity contribution in [2.45, 2.75) is 26.4 Å². The highest BCUT2D eigenvalue weighted by Gasteiger charge is 2.19. The molecule has 0 aliphatic carbocycles. The van der Waals surface area contributed by atoms with Gasteiger partial charge >= 0.3 is 0 Å². The van der Waals surface area contributed by atoms with Crippen molar-refractivity contribution in [2.24, 2.45) is 0 Å². The van der Waals surface area contributed by atoms with Gasteiger partial charge in [-0.1, -0.05) is 0 Å². The normalized spacial score (nSPS) is 14.8. The molecule has 3 rings (SSSR count). The van der Waals surface area contributed by atoms with Gasteiger partial charge in [0.15, 0.2) is 0 Å². The van der Waals surface area contributed by atoms with Crippen LogP contribution in [0.15, 0.2) is 24.4 Å². The van der Waals surface area contributed by atoms with Crippen LogP contribution >= 0.6 is 0 Å². The molecule has 5 heteroatoms. The molecule has 3 heterocycles. The van der Waals surface area contributed by atoms with Gasteiger partial charge in [-0.3, -0.25) is 14.9 Å². The van der Waals surface area contributed by atoms with E-state index in [2.05, 4.69) is 14.9 Å². The zero-order chi connectivity index (χ0) is 14.8. The van der Waals surface area contributed by atoms with Crippen molar-refractivity contribution in [2.75, 3.05) is 19.4 Å². The van der Waals surface area contributed by atoms with Crippen LogP contribution < -0.4 is 10.5 Å². The highest BCUT2D eigenvalue weighted by atomic mass is 16.5. The maximum absolute atomic E-state index is 6.06. The number of ether oxygens (including phenoxy) is 1. The summed E-state index contributed by atoms with van der Waals surface area (Å²) in [5.41, 5.74) is 11.2. The topological polar surface area (TPSA) is 64.3 Å². The monoisotopic (exact) mass is 284 g/mol. The fraction of sp³-hybridized carbons (Fsp3) is 0.375. The highest BCUT2D eigenvalue weighted by Crippen LogP contribution is 2.24. The van der Waals surface area contributed by atoms with E-state index in [1.807, 2.05) is 25.1 Å². The molecule has 0 saturated carbocycles. The van der Waals surface area contributed by atoms with Gasteiger partial charge in [0.25, 0.3) is 0 Å². The fourth-order valence-electron chi connectivity index (χ4n) is 2.78. The maximum atomic E-state index is 6.06. The molecule has 1 aliphatic heterocycles. The van der Waals surface area contributed by atoms with E-state index in [1.165, 1.54) is 0 Å². The average molecular weight is 284 g/mol. The summed E-state index contributed by atoms with van der Waals surface area (Å²) < 4.78 is 5.31. The van der Waals surface area contributed by atoms with E-state index >= 15 is 0 Å². The Labute approximate surface area is 124 Å². The van der Waals surface area contributed by atoms with Crippen molar-refractivity contribution >= 4 is 5.69 Å². The van der Waals surface area contributed by atoms with Crippen LogP contribution in [-0.4, -0.2) is 28.5 Å². The molecule has 110 valence electrons. The summed E-state index contributed by atoms with van der Waals surface area (Å²) in [7, 11) is 1.68. The second-order valence-corrected chi connectivity index (χ2v) is 5.43. The zero-order valence-corrected chi connectivity index (χ0v) is 12.5. The molecule has 1 aliphatic rings. The lowest BCUT2D eigenvalue weighted by Gasteiger charge is -2.28. The van der Waals surface area contributed by atoms with E-state index in [0.717, 1.165) is 60.1 Å². The highest BCUT2D eigenvalue weighted by molar-refractivity contribution is 5.48. The first-order valence-electron chi connectivity index (χ1n) is 7.12. The number of nitrogen functional groups attached to an aromatic ring is 1. The molecule has 21 heavy (non-hydrogen) atoms. The standard InChI is InChI=1S/C16H20N4O/c1-11-7-13(21-2)8-12(19-11)9-20-6-4-16-14(10-20)15(17)3-5-18-16/h3,5,7-8H,4,6,9-10H2,1-2H3,(H2,17,18). The van der Waals surface area contributed by atoms with Gasteiger partial charge in [0, 0.05) is 67.0 Å². The van der Waals surface area contributed by atoms with E-state index in [9.17, 15) is 0 Å². The van der Waals surface area contributed by atoms with Crippen LogP contribution in [-0.2, 0) is 19.5 Å². The van der Waals surface area contributed by atoms with Crippen LogP contribution in [0.3, 0.4) is 0 Å². The van der Waals surface area contributed by atoms with Crippen LogP contribution in [0, 0.1) is 6.92 Å².